The van der Waals surface area contributed by atoms with Crippen LogP contribution in [0.15, 0.2) is 54.6 Å². The van der Waals surface area contributed by atoms with Gasteiger partial charge in [-0.3, -0.25) is 4.90 Å². The Kier molecular flexibility index (Phi) is 3.72. The van der Waals surface area contributed by atoms with Crippen molar-refractivity contribution in [2.75, 3.05) is 20.2 Å². The molecule has 3 heteroatoms. The first-order chi connectivity index (χ1) is 9.78. The Morgan fingerprint density at radius 2 is 1.85 bits per heavy atom. The standard InChI is InChI=1S/C17H19NO2/c1-20-15-9-7-14(8-10-15)17(19)12-18-11-16(18)13-5-3-2-4-6-13/h2-10,16-17,19H,11-12H2,1H3. The molecule has 20 heavy (non-hydrogen) atoms. The van der Waals surface area contributed by atoms with Crippen LogP contribution in [0.1, 0.15) is 23.3 Å². The monoisotopic (exact) mass is 269 g/mol. The molecule has 3 nitrogen and oxygen atoms in total. The van der Waals surface area contributed by atoms with Gasteiger partial charge in [0.1, 0.15) is 5.75 Å². The van der Waals surface area contributed by atoms with Crippen LogP contribution in [0.4, 0.5) is 0 Å². The van der Waals surface area contributed by atoms with Crippen molar-refractivity contribution in [3.8, 4) is 5.75 Å². The molecule has 2 aromatic rings. The number of aliphatic hydroxyl groups excluding tert-OH is 1. The molecule has 1 aliphatic rings. The summed E-state index contributed by atoms with van der Waals surface area (Å²) in [5, 5.41) is 10.3. The molecule has 1 aliphatic heterocycles. The average Bonchev–Trinajstić information content (AvgIpc) is 3.27. The van der Waals surface area contributed by atoms with Crippen LogP contribution in [-0.4, -0.2) is 30.2 Å². The van der Waals surface area contributed by atoms with E-state index in [1.807, 2.05) is 30.3 Å². The van der Waals surface area contributed by atoms with Crippen molar-refractivity contribution in [2.24, 2.45) is 0 Å². The van der Waals surface area contributed by atoms with Crippen molar-refractivity contribution >= 4 is 0 Å². The number of methoxy groups -OCH3 is 1. The van der Waals surface area contributed by atoms with Gasteiger partial charge in [-0.25, -0.2) is 0 Å². The summed E-state index contributed by atoms with van der Waals surface area (Å²) in [6, 6.07) is 18.5. The highest BCUT2D eigenvalue weighted by molar-refractivity contribution is 5.29. The van der Waals surface area contributed by atoms with E-state index in [1.54, 1.807) is 7.11 Å². The normalized spacial score (nSPS) is 22.3. The van der Waals surface area contributed by atoms with Crippen molar-refractivity contribution in [2.45, 2.75) is 12.1 Å². The molecule has 0 bridgehead atoms. The van der Waals surface area contributed by atoms with E-state index >= 15 is 0 Å². The number of benzene rings is 2. The molecule has 1 heterocycles. The van der Waals surface area contributed by atoms with Crippen LogP contribution in [-0.2, 0) is 0 Å². The van der Waals surface area contributed by atoms with Crippen molar-refractivity contribution < 1.29 is 9.84 Å². The highest BCUT2D eigenvalue weighted by Crippen LogP contribution is 2.36. The topological polar surface area (TPSA) is 32.5 Å². The molecule has 0 aromatic heterocycles. The fraction of sp³-hybridized carbons (Fsp3) is 0.294. The van der Waals surface area contributed by atoms with Crippen molar-refractivity contribution in [3.63, 3.8) is 0 Å². The maximum absolute atomic E-state index is 10.3. The van der Waals surface area contributed by atoms with Gasteiger partial charge in [0.05, 0.1) is 13.2 Å². The zero-order valence-corrected chi connectivity index (χ0v) is 11.6. The molecular weight excluding hydrogens is 250 g/mol. The average molecular weight is 269 g/mol. The van der Waals surface area contributed by atoms with Gasteiger partial charge in [-0.1, -0.05) is 42.5 Å². The Labute approximate surface area is 119 Å². The first kappa shape index (κ1) is 13.2. The first-order valence-corrected chi connectivity index (χ1v) is 6.89. The van der Waals surface area contributed by atoms with Crippen LogP contribution >= 0.6 is 0 Å². The van der Waals surface area contributed by atoms with Crippen LogP contribution in [0, 0.1) is 0 Å². The number of hydrogen-bond acceptors (Lipinski definition) is 3. The Hall–Kier alpha value is -1.84. The molecule has 0 radical (unpaired) electrons. The third-order valence-electron chi connectivity index (χ3n) is 3.81. The fourth-order valence-corrected chi connectivity index (χ4v) is 2.52. The molecule has 3 rings (SSSR count). The van der Waals surface area contributed by atoms with Gasteiger partial charge in [0.25, 0.3) is 0 Å². The minimum atomic E-state index is -0.449. The Balaban J connectivity index is 1.59. The van der Waals surface area contributed by atoms with Gasteiger partial charge in [0.2, 0.25) is 0 Å². The summed E-state index contributed by atoms with van der Waals surface area (Å²) < 4.78 is 5.13. The van der Waals surface area contributed by atoms with E-state index in [1.165, 1.54) is 5.56 Å². The van der Waals surface area contributed by atoms with E-state index in [4.69, 9.17) is 4.74 Å². The highest BCUT2D eigenvalue weighted by atomic mass is 16.5. The van der Waals surface area contributed by atoms with Crippen molar-refractivity contribution in [1.29, 1.82) is 0 Å². The van der Waals surface area contributed by atoms with Gasteiger partial charge in [-0.15, -0.1) is 0 Å². The lowest BCUT2D eigenvalue weighted by molar-refractivity contribution is 0.153. The lowest BCUT2D eigenvalue weighted by atomic mass is 10.1. The second-order valence-electron chi connectivity index (χ2n) is 5.17. The molecule has 3 atom stereocenters. The summed E-state index contributed by atoms with van der Waals surface area (Å²) in [5.41, 5.74) is 2.26. The van der Waals surface area contributed by atoms with Gasteiger partial charge in [-0.2, -0.15) is 0 Å². The minimum absolute atomic E-state index is 0.449. The molecule has 1 saturated heterocycles. The second kappa shape index (κ2) is 5.65. The lowest BCUT2D eigenvalue weighted by Crippen LogP contribution is -2.11. The number of hydrogen-bond donors (Lipinski definition) is 1. The summed E-state index contributed by atoms with van der Waals surface area (Å²) in [7, 11) is 1.64. The molecule has 0 aliphatic carbocycles. The maximum atomic E-state index is 10.3. The predicted octanol–water partition coefficient (Wildman–Crippen LogP) is 2.79. The van der Waals surface area contributed by atoms with Crippen LogP contribution in [0.5, 0.6) is 5.75 Å². The number of β-amino-alcohol motifs (C(OH)–C–C–N with tert-alkyl or cyclic N) is 1. The molecule has 1 N–H and O–H groups in total. The molecule has 2 aromatic carbocycles. The number of rotatable bonds is 5. The van der Waals surface area contributed by atoms with Gasteiger partial charge in [-0.05, 0) is 23.3 Å². The summed E-state index contributed by atoms with van der Waals surface area (Å²) in [5.74, 6) is 0.815. The molecule has 0 amide bonds. The zero-order valence-electron chi connectivity index (χ0n) is 11.6. The smallest absolute Gasteiger partial charge is 0.118 e. The summed E-state index contributed by atoms with van der Waals surface area (Å²) in [6.45, 7) is 1.70. The molecule has 3 unspecified atom stereocenters. The van der Waals surface area contributed by atoms with Gasteiger partial charge in [0.15, 0.2) is 0 Å². The molecule has 0 saturated carbocycles. The lowest BCUT2D eigenvalue weighted by Gasteiger charge is -2.13. The van der Waals surface area contributed by atoms with E-state index in [2.05, 4.69) is 29.2 Å². The Bertz CT molecular complexity index is 553. The van der Waals surface area contributed by atoms with E-state index in [9.17, 15) is 5.11 Å². The third kappa shape index (κ3) is 2.84. The molecule has 1 fully saturated rings. The van der Waals surface area contributed by atoms with E-state index < -0.39 is 6.10 Å². The number of ether oxygens (including phenoxy) is 1. The maximum Gasteiger partial charge on any atom is 0.118 e. The van der Waals surface area contributed by atoms with Crippen molar-refractivity contribution in [1.82, 2.24) is 4.90 Å². The fourth-order valence-electron chi connectivity index (χ4n) is 2.52. The summed E-state index contributed by atoms with van der Waals surface area (Å²) >= 11 is 0. The molecule has 0 spiro atoms. The van der Waals surface area contributed by atoms with Crippen LogP contribution < -0.4 is 4.74 Å². The number of aliphatic hydroxyl groups is 1. The molecule has 104 valence electrons. The SMILES string of the molecule is COc1ccc(C(O)CN2CC2c2ccccc2)cc1. The quantitative estimate of drug-likeness (QED) is 0.847. The van der Waals surface area contributed by atoms with E-state index in [-0.39, 0.29) is 0 Å². The van der Waals surface area contributed by atoms with Crippen LogP contribution in [0.3, 0.4) is 0 Å². The van der Waals surface area contributed by atoms with E-state index in [0.717, 1.165) is 17.9 Å². The van der Waals surface area contributed by atoms with Crippen molar-refractivity contribution in [3.05, 3.63) is 65.7 Å². The third-order valence-corrected chi connectivity index (χ3v) is 3.81. The minimum Gasteiger partial charge on any atom is -0.497 e. The van der Waals surface area contributed by atoms with Crippen LogP contribution in [0.2, 0.25) is 0 Å². The highest BCUT2D eigenvalue weighted by Gasteiger charge is 2.36. The predicted molar refractivity (Wildman–Crippen MR) is 78.7 cm³/mol. The largest absolute Gasteiger partial charge is 0.497 e. The second-order valence-corrected chi connectivity index (χ2v) is 5.17. The Morgan fingerprint density at radius 3 is 2.50 bits per heavy atom. The Morgan fingerprint density at radius 1 is 1.15 bits per heavy atom. The summed E-state index contributed by atoms with van der Waals surface area (Å²) in [4.78, 5) is 2.28. The first-order valence-electron chi connectivity index (χ1n) is 6.89. The zero-order chi connectivity index (χ0) is 13.9. The van der Waals surface area contributed by atoms with Gasteiger partial charge < -0.3 is 9.84 Å². The summed E-state index contributed by atoms with van der Waals surface area (Å²) in [6.07, 6.45) is -0.449. The van der Waals surface area contributed by atoms with Crippen LogP contribution in [0.25, 0.3) is 0 Å². The molecular formula is C17H19NO2. The van der Waals surface area contributed by atoms with Gasteiger partial charge >= 0.3 is 0 Å². The van der Waals surface area contributed by atoms with Gasteiger partial charge in [0, 0.05) is 19.1 Å². The van der Waals surface area contributed by atoms with E-state index in [0.29, 0.717) is 12.6 Å². The number of nitrogens with zero attached hydrogens (tertiary/aromatic N) is 1.